The lowest BCUT2D eigenvalue weighted by atomic mass is 10.0. The highest BCUT2D eigenvalue weighted by Gasteiger charge is 2.09. The summed E-state index contributed by atoms with van der Waals surface area (Å²) >= 11 is 0. The number of rotatable bonds is 7. The molecule has 90 valence electrons. The highest BCUT2D eigenvalue weighted by atomic mass is 14.9. The molecule has 2 heteroatoms. The van der Waals surface area contributed by atoms with Crippen LogP contribution in [-0.2, 0) is 0 Å². The molecule has 0 radical (unpaired) electrons. The predicted octanol–water partition coefficient (Wildman–Crippen LogP) is 3.62. The lowest BCUT2D eigenvalue weighted by Gasteiger charge is -2.19. The number of hydrogen-bond acceptors (Lipinski definition) is 2. The molecule has 0 bridgehead atoms. The highest BCUT2D eigenvalue weighted by molar-refractivity contribution is 5.19. The Balaban J connectivity index is 2.66. The number of nitrogens with one attached hydrogen (secondary N) is 1. The first-order valence-corrected chi connectivity index (χ1v) is 6.43. The van der Waals surface area contributed by atoms with Crippen LogP contribution in [0.3, 0.4) is 0 Å². The molecule has 0 saturated carbocycles. The lowest BCUT2D eigenvalue weighted by molar-refractivity contribution is 0.481. The van der Waals surface area contributed by atoms with Gasteiger partial charge in [-0.2, -0.15) is 0 Å². The topological polar surface area (TPSA) is 24.9 Å². The van der Waals surface area contributed by atoms with E-state index in [-0.39, 0.29) is 0 Å². The van der Waals surface area contributed by atoms with Gasteiger partial charge in [-0.1, -0.05) is 26.7 Å². The Morgan fingerprint density at radius 3 is 2.75 bits per heavy atom. The van der Waals surface area contributed by atoms with Crippen molar-refractivity contribution in [2.45, 2.75) is 52.5 Å². The molecule has 1 atom stereocenters. The first-order chi connectivity index (χ1) is 7.77. The zero-order chi connectivity index (χ0) is 11.8. The standard InChI is InChI=1S/C14H24N2/c1-4-6-7-14(16-9-5-2)13-8-10-15-12(3)11-13/h8,10-11,14,16H,4-7,9H2,1-3H3. The van der Waals surface area contributed by atoms with Crippen LogP contribution < -0.4 is 5.32 Å². The van der Waals surface area contributed by atoms with E-state index in [0.29, 0.717) is 6.04 Å². The Morgan fingerprint density at radius 2 is 2.12 bits per heavy atom. The van der Waals surface area contributed by atoms with E-state index in [1.165, 1.54) is 31.2 Å². The molecule has 0 aliphatic rings. The van der Waals surface area contributed by atoms with Gasteiger partial charge in [-0.15, -0.1) is 0 Å². The third-order valence-corrected chi connectivity index (χ3v) is 2.81. The predicted molar refractivity (Wildman–Crippen MR) is 69.5 cm³/mol. The van der Waals surface area contributed by atoms with Gasteiger partial charge in [-0.05, 0) is 44.0 Å². The summed E-state index contributed by atoms with van der Waals surface area (Å²) in [6.07, 6.45) is 6.86. The van der Waals surface area contributed by atoms with Gasteiger partial charge in [-0.25, -0.2) is 0 Å². The van der Waals surface area contributed by atoms with Gasteiger partial charge in [0.15, 0.2) is 0 Å². The van der Waals surface area contributed by atoms with Crippen LogP contribution in [0.15, 0.2) is 18.3 Å². The molecular weight excluding hydrogens is 196 g/mol. The normalized spacial score (nSPS) is 12.7. The molecule has 0 saturated heterocycles. The van der Waals surface area contributed by atoms with Gasteiger partial charge in [-0.3, -0.25) is 4.98 Å². The van der Waals surface area contributed by atoms with Gasteiger partial charge in [0.05, 0.1) is 0 Å². The van der Waals surface area contributed by atoms with Crippen LogP contribution in [0.5, 0.6) is 0 Å². The van der Waals surface area contributed by atoms with Gasteiger partial charge >= 0.3 is 0 Å². The molecule has 16 heavy (non-hydrogen) atoms. The van der Waals surface area contributed by atoms with E-state index in [2.05, 4.69) is 43.2 Å². The second-order valence-corrected chi connectivity index (χ2v) is 4.38. The number of hydrogen-bond donors (Lipinski definition) is 1. The SMILES string of the molecule is CCCCC(NCCC)c1ccnc(C)c1. The minimum absolute atomic E-state index is 0.501. The van der Waals surface area contributed by atoms with Gasteiger partial charge in [0.25, 0.3) is 0 Å². The summed E-state index contributed by atoms with van der Waals surface area (Å²) in [6, 6.07) is 4.83. The molecule has 1 N–H and O–H groups in total. The number of aromatic nitrogens is 1. The molecule has 1 aromatic rings. The average molecular weight is 220 g/mol. The smallest absolute Gasteiger partial charge is 0.0375 e. The summed E-state index contributed by atoms with van der Waals surface area (Å²) in [6.45, 7) is 7.60. The second-order valence-electron chi connectivity index (χ2n) is 4.38. The summed E-state index contributed by atoms with van der Waals surface area (Å²) in [4.78, 5) is 4.26. The fraction of sp³-hybridized carbons (Fsp3) is 0.643. The third kappa shape index (κ3) is 4.31. The Labute approximate surface area is 99.5 Å². The van der Waals surface area contributed by atoms with Crippen molar-refractivity contribution in [3.8, 4) is 0 Å². The van der Waals surface area contributed by atoms with Crippen LogP contribution >= 0.6 is 0 Å². The average Bonchev–Trinajstić information content (AvgIpc) is 2.29. The number of unbranched alkanes of at least 4 members (excludes halogenated alkanes) is 1. The van der Waals surface area contributed by atoms with Gasteiger partial charge in [0.1, 0.15) is 0 Å². The quantitative estimate of drug-likeness (QED) is 0.759. The molecule has 0 amide bonds. The largest absolute Gasteiger partial charge is 0.310 e. The van der Waals surface area contributed by atoms with E-state index < -0.39 is 0 Å². The number of aryl methyl sites for hydroxylation is 1. The monoisotopic (exact) mass is 220 g/mol. The first kappa shape index (κ1) is 13.2. The van der Waals surface area contributed by atoms with E-state index in [4.69, 9.17) is 0 Å². The number of nitrogens with zero attached hydrogens (tertiary/aromatic N) is 1. The van der Waals surface area contributed by atoms with Gasteiger partial charge in [0, 0.05) is 17.9 Å². The molecule has 0 aliphatic carbocycles. The molecule has 0 aliphatic heterocycles. The zero-order valence-electron chi connectivity index (χ0n) is 10.8. The van der Waals surface area contributed by atoms with Crippen LogP contribution in [0.4, 0.5) is 0 Å². The van der Waals surface area contributed by atoms with E-state index in [9.17, 15) is 0 Å². The molecule has 1 heterocycles. The van der Waals surface area contributed by atoms with Crippen molar-refractivity contribution in [3.05, 3.63) is 29.6 Å². The zero-order valence-corrected chi connectivity index (χ0v) is 10.8. The molecule has 1 rings (SSSR count). The fourth-order valence-corrected chi connectivity index (χ4v) is 1.90. The second kappa shape index (κ2) is 7.39. The first-order valence-electron chi connectivity index (χ1n) is 6.43. The van der Waals surface area contributed by atoms with Crippen molar-refractivity contribution in [2.24, 2.45) is 0 Å². The molecular formula is C14H24N2. The maximum atomic E-state index is 4.26. The van der Waals surface area contributed by atoms with Gasteiger partial charge < -0.3 is 5.32 Å². The van der Waals surface area contributed by atoms with Crippen molar-refractivity contribution in [2.75, 3.05) is 6.54 Å². The summed E-state index contributed by atoms with van der Waals surface area (Å²) in [5, 5.41) is 3.62. The van der Waals surface area contributed by atoms with E-state index >= 15 is 0 Å². The molecule has 1 unspecified atom stereocenters. The van der Waals surface area contributed by atoms with Crippen LogP contribution in [0.2, 0.25) is 0 Å². The van der Waals surface area contributed by atoms with Crippen LogP contribution in [0, 0.1) is 6.92 Å². The van der Waals surface area contributed by atoms with E-state index in [1.54, 1.807) is 0 Å². The molecule has 0 aromatic carbocycles. The fourth-order valence-electron chi connectivity index (χ4n) is 1.90. The van der Waals surface area contributed by atoms with E-state index in [1.807, 2.05) is 6.20 Å². The maximum absolute atomic E-state index is 4.26. The summed E-state index contributed by atoms with van der Waals surface area (Å²) in [5.74, 6) is 0. The van der Waals surface area contributed by atoms with Crippen molar-refractivity contribution < 1.29 is 0 Å². The lowest BCUT2D eigenvalue weighted by Crippen LogP contribution is -2.22. The summed E-state index contributed by atoms with van der Waals surface area (Å²) < 4.78 is 0. The van der Waals surface area contributed by atoms with Gasteiger partial charge in [0.2, 0.25) is 0 Å². The Bertz CT molecular complexity index is 289. The van der Waals surface area contributed by atoms with Crippen molar-refractivity contribution in [3.63, 3.8) is 0 Å². The Kier molecular flexibility index (Phi) is 6.09. The molecule has 0 fully saturated rings. The Morgan fingerprint density at radius 1 is 1.31 bits per heavy atom. The van der Waals surface area contributed by atoms with Crippen LogP contribution in [0.1, 0.15) is 56.8 Å². The summed E-state index contributed by atoms with van der Waals surface area (Å²) in [5.41, 5.74) is 2.49. The Hall–Kier alpha value is -0.890. The maximum Gasteiger partial charge on any atom is 0.0375 e. The summed E-state index contributed by atoms with van der Waals surface area (Å²) in [7, 11) is 0. The van der Waals surface area contributed by atoms with Crippen LogP contribution in [0.25, 0.3) is 0 Å². The minimum atomic E-state index is 0.501. The van der Waals surface area contributed by atoms with E-state index in [0.717, 1.165) is 12.2 Å². The van der Waals surface area contributed by atoms with Crippen molar-refractivity contribution >= 4 is 0 Å². The highest BCUT2D eigenvalue weighted by Crippen LogP contribution is 2.19. The molecule has 1 aromatic heterocycles. The molecule has 0 spiro atoms. The molecule has 2 nitrogen and oxygen atoms in total. The van der Waals surface area contributed by atoms with Crippen molar-refractivity contribution in [1.29, 1.82) is 0 Å². The van der Waals surface area contributed by atoms with Crippen molar-refractivity contribution in [1.82, 2.24) is 10.3 Å². The minimum Gasteiger partial charge on any atom is -0.310 e. The van der Waals surface area contributed by atoms with Crippen LogP contribution in [-0.4, -0.2) is 11.5 Å². The third-order valence-electron chi connectivity index (χ3n) is 2.81. The number of pyridine rings is 1.